The summed E-state index contributed by atoms with van der Waals surface area (Å²) in [5.41, 5.74) is 6.17. The van der Waals surface area contributed by atoms with Crippen molar-refractivity contribution in [2.24, 2.45) is 0 Å². The van der Waals surface area contributed by atoms with Crippen molar-refractivity contribution in [1.82, 2.24) is 20.1 Å². The van der Waals surface area contributed by atoms with Gasteiger partial charge in [0.1, 0.15) is 5.00 Å². The van der Waals surface area contributed by atoms with Crippen LogP contribution in [0.5, 0.6) is 0 Å². The highest BCUT2D eigenvalue weighted by molar-refractivity contribution is 7.89. The Morgan fingerprint density at radius 1 is 1.05 bits per heavy atom. The Labute approximate surface area is 232 Å². The third-order valence-corrected chi connectivity index (χ3v) is 9.60. The molecule has 3 N–H and O–H groups in total. The van der Waals surface area contributed by atoms with E-state index in [1.165, 1.54) is 46.8 Å². The van der Waals surface area contributed by atoms with Crippen LogP contribution in [0.15, 0.2) is 29.2 Å². The molecule has 2 aliphatic rings. The van der Waals surface area contributed by atoms with Crippen molar-refractivity contribution < 1.29 is 27.5 Å². The normalized spacial score (nSPS) is 20.2. The highest BCUT2D eigenvalue weighted by Crippen LogP contribution is 2.37. The van der Waals surface area contributed by atoms with E-state index >= 15 is 0 Å². The zero-order valence-electron chi connectivity index (χ0n) is 22.6. The number of hydrogen-bond acceptors (Lipinski definition) is 8. The van der Waals surface area contributed by atoms with Crippen LogP contribution >= 0.6 is 11.3 Å². The molecule has 2 aliphatic heterocycles. The molecule has 39 heavy (non-hydrogen) atoms. The molecule has 1 aromatic heterocycles. The summed E-state index contributed by atoms with van der Waals surface area (Å²) in [5, 5.41) is 3.23. The minimum Gasteiger partial charge on any atom is -0.373 e. The minimum absolute atomic E-state index is 0.0957. The number of fused-ring (bicyclic) bond motifs is 1. The molecule has 11 nitrogen and oxygen atoms in total. The lowest BCUT2D eigenvalue weighted by Crippen LogP contribution is -2.48. The number of sulfonamides is 1. The van der Waals surface area contributed by atoms with Crippen LogP contribution in [-0.2, 0) is 32.5 Å². The number of amides is 3. The first-order valence-electron chi connectivity index (χ1n) is 13.0. The number of anilines is 1. The lowest BCUT2D eigenvalue weighted by molar-refractivity contribution is -0.119. The molecule has 2 aromatic rings. The Kier molecular flexibility index (Phi) is 9.07. The van der Waals surface area contributed by atoms with Crippen molar-refractivity contribution >= 4 is 44.1 Å². The first kappa shape index (κ1) is 29.2. The zero-order valence-corrected chi connectivity index (χ0v) is 24.2. The van der Waals surface area contributed by atoms with E-state index in [-0.39, 0.29) is 35.8 Å². The number of carbonyl (C=O) groups excluding carboxylic acids is 3. The predicted molar refractivity (Wildman–Crippen MR) is 148 cm³/mol. The van der Waals surface area contributed by atoms with Gasteiger partial charge in [0.15, 0.2) is 0 Å². The van der Waals surface area contributed by atoms with Gasteiger partial charge in [-0.2, -0.15) is 4.31 Å². The second-order valence-electron chi connectivity index (χ2n) is 9.93. The number of nitrogens with one attached hydrogen (secondary N) is 3. The van der Waals surface area contributed by atoms with E-state index in [4.69, 9.17) is 4.74 Å². The molecule has 1 saturated heterocycles. The maximum atomic E-state index is 13.2. The lowest BCUT2D eigenvalue weighted by Gasteiger charge is -2.34. The Hall–Kier alpha value is -2.84. The van der Waals surface area contributed by atoms with E-state index in [0.29, 0.717) is 23.5 Å². The van der Waals surface area contributed by atoms with Crippen LogP contribution in [0.1, 0.15) is 65.3 Å². The van der Waals surface area contributed by atoms with Crippen LogP contribution in [-0.4, -0.2) is 73.7 Å². The summed E-state index contributed by atoms with van der Waals surface area (Å²) < 4.78 is 33.4. The van der Waals surface area contributed by atoms with Crippen molar-refractivity contribution in [3.05, 3.63) is 45.8 Å². The van der Waals surface area contributed by atoms with Gasteiger partial charge in [0.25, 0.3) is 11.8 Å². The molecule has 212 valence electrons. The van der Waals surface area contributed by atoms with Crippen LogP contribution in [0.4, 0.5) is 5.00 Å². The second kappa shape index (κ2) is 12.1. The average molecular weight is 578 g/mol. The molecule has 2 unspecified atom stereocenters. The summed E-state index contributed by atoms with van der Waals surface area (Å²) in [7, 11) is -3.74. The van der Waals surface area contributed by atoms with E-state index in [1.807, 2.05) is 13.8 Å². The number of rotatable bonds is 7. The van der Waals surface area contributed by atoms with E-state index < -0.39 is 27.7 Å². The Balaban J connectivity index is 1.55. The van der Waals surface area contributed by atoms with Gasteiger partial charge in [-0.15, -0.1) is 11.3 Å². The molecular weight excluding hydrogens is 542 g/mol. The van der Waals surface area contributed by atoms with Crippen LogP contribution in [0.2, 0.25) is 0 Å². The number of ether oxygens (including phenoxy) is 1. The summed E-state index contributed by atoms with van der Waals surface area (Å²) in [6, 6.07) is 5.76. The summed E-state index contributed by atoms with van der Waals surface area (Å²) in [6.07, 6.45) is 1.23. The molecule has 0 radical (unpaired) electrons. The smallest absolute Gasteiger partial charge is 0.272 e. The van der Waals surface area contributed by atoms with Gasteiger partial charge in [-0.25, -0.2) is 8.42 Å². The zero-order chi connectivity index (χ0) is 28.3. The molecule has 3 heterocycles. The molecule has 2 atom stereocenters. The van der Waals surface area contributed by atoms with Crippen molar-refractivity contribution in [3.63, 3.8) is 0 Å². The van der Waals surface area contributed by atoms with Gasteiger partial charge in [-0.05, 0) is 63.1 Å². The Morgan fingerprint density at radius 3 is 2.33 bits per heavy atom. The number of morpholine rings is 1. The van der Waals surface area contributed by atoms with Gasteiger partial charge in [0, 0.05) is 43.5 Å². The fourth-order valence-corrected chi connectivity index (χ4v) is 7.80. The average Bonchev–Trinajstić information content (AvgIpc) is 3.24. The van der Waals surface area contributed by atoms with Crippen molar-refractivity contribution in [2.75, 3.05) is 31.5 Å². The summed E-state index contributed by atoms with van der Waals surface area (Å²) >= 11 is 1.34. The highest BCUT2D eigenvalue weighted by atomic mass is 32.2. The van der Waals surface area contributed by atoms with Crippen molar-refractivity contribution in [2.45, 2.75) is 64.2 Å². The van der Waals surface area contributed by atoms with Crippen molar-refractivity contribution in [1.29, 1.82) is 0 Å². The quantitative estimate of drug-likeness (QED) is 0.430. The van der Waals surface area contributed by atoms with Gasteiger partial charge in [0.05, 0.1) is 22.7 Å². The van der Waals surface area contributed by atoms with Crippen LogP contribution in [0.3, 0.4) is 0 Å². The first-order valence-corrected chi connectivity index (χ1v) is 15.3. The van der Waals surface area contributed by atoms with Crippen LogP contribution in [0.25, 0.3) is 0 Å². The van der Waals surface area contributed by atoms with Gasteiger partial charge in [-0.3, -0.25) is 30.1 Å². The molecule has 4 rings (SSSR count). The number of hydrazine groups is 1. The van der Waals surface area contributed by atoms with E-state index in [1.54, 1.807) is 0 Å². The SMILES string of the molecule is CCCN1CCc2c(sc(NC(=O)c3ccc(S(=O)(=O)N4CC(C)OC(C)C4)cc3)c2C(=O)NNC(C)=O)C1. The van der Waals surface area contributed by atoms with E-state index in [9.17, 15) is 22.8 Å². The van der Waals surface area contributed by atoms with Gasteiger partial charge in [0.2, 0.25) is 15.9 Å². The molecule has 0 spiro atoms. The van der Waals surface area contributed by atoms with E-state index in [2.05, 4.69) is 28.0 Å². The number of hydrogen-bond donors (Lipinski definition) is 3. The molecule has 1 fully saturated rings. The Bertz CT molecular complexity index is 1330. The van der Waals surface area contributed by atoms with Gasteiger partial charge in [-0.1, -0.05) is 6.92 Å². The van der Waals surface area contributed by atoms with E-state index in [0.717, 1.165) is 30.0 Å². The fraction of sp³-hybridized carbons (Fsp3) is 0.500. The fourth-order valence-electron chi connectivity index (χ4n) is 4.93. The van der Waals surface area contributed by atoms with Gasteiger partial charge < -0.3 is 10.1 Å². The number of thiophene rings is 1. The largest absolute Gasteiger partial charge is 0.373 e. The lowest BCUT2D eigenvalue weighted by atomic mass is 10.0. The Morgan fingerprint density at radius 2 is 1.72 bits per heavy atom. The van der Waals surface area contributed by atoms with Crippen LogP contribution < -0.4 is 16.2 Å². The molecule has 0 aliphatic carbocycles. The summed E-state index contributed by atoms with van der Waals surface area (Å²) in [6.45, 7) is 9.99. The molecule has 3 amide bonds. The predicted octanol–water partition coefficient (Wildman–Crippen LogP) is 2.35. The maximum Gasteiger partial charge on any atom is 0.272 e. The van der Waals surface area contributed by atoms with Gasteiger partial charge >= 0.3 is 0 Å². The summed E-state index contributed by atoms with van der Waals surface area (Å²) in [5.74, 6) is -1.38. The van der Waals surface area contributed by atoms with Crippen LogP contribution in [0, 0.1) is 0 Å². The standard InChI is InChI=1S/C26H35N5O6S2/c1-5-11-30-12-10-21-22(15-30)38-26(23(21)25(34)29-28-18(4)32)27-24(33)19-6-8-20(9-7-19)39(35,36)31-13-16(2)37-17(3)14-31/h6-9,16-17H,5,10-15H2,1-4H3,(H,27,33)(H,28,32)(H,29,34). The first-order chi connectivity index (χ1) is 18.5. The number of carbonyl (C=O) groups is 3. The third kappa shape index (κ3) is 6.67. The number of benzene rings is 1. The summed E-state index contributed by atoms with van der Waals surface area (Å²) in [4.78, 5) is 40.9. The molecule has 1 aromatic carbocycles. The van der Waals surface area contributed by atoms with Crippen molar-refractivity contribution in [3.8, 4) is 0 Å². The monoisotopic (exact) mass is 577 g/mol. The highest BCUT2D eigenvalue weighted by Gasteiger charge is 2.33. The number of nitrogens with zero attached hydrogens (tertiary/aromatic N) is 2. The topological polar surface area (TPSA) is 137 Å². The second-order valence-corrected chi connectivity index (χ2v) is 13.0. The molecule has 0 bridgehead atoms. The molecule has 0 saturated carbocycles. The third-order valence-electron chi connectivity index (χ3n) is 6.62. The minimum atomic E-state index is -3.74. The maximum absolute atomic E-state index is 13.2. The molecule has 13 heteroatoms. The molecular formula is C26H35N5O6S2.